The molecule has 0 unspecified atom stereocenters. The highest BCUT2D eigenvalue weighted by molar-refractivity contribution is 6.06. The van der Waals surface area contributed by atoms with Gasteiger partial charge in [-0.15, -0.1) is 0 Å². The fraction of sp³-hybridized carbons (Fsp3) is 0.200. The Morgan fingerprint density at radius 3 is 2.72 bits per heavy atom. The first-order valence-corrected chi connectivity index (χ1v) is 8.70. The summed E-state index contributed by atoms with van der Waals surface area (Å²) < 4.78 is 54.8. The second kappa shape index (κ2) is 7.16. The van der Waals surface area contributed by atoms with E-state index in [9.17, 15) is 18.0 Å². The number of pyridine rings is 1. The highest BCUT2D eigenvalue weighted by Gasteiger charge is 2.31. The molecule has 0 saturated heterocycles. The van der Waals surface area contributed by atoms with Gasteiger partial charge < -0.3 is 19.5 Å². The lowest BCUT2D eigenvalue weighted by molar-refractivity contribution is -0.137. The summed E-state index contributed by atoms with van der Waals surface area (Å²) in [5.41, 5.74) is 0.233. The van der Waals surface area contributed by atoms with Crippen LogP contribution in [0.15, 0.2) is 42.6 Å². The van der Waals surface area contributed by atoms with Gasteiger partial charge in [0.1, 0.15) is 5.56 Å². The highest BCUT2D eigenvalue weighted by Crippen LogP contribution is 2.38. The number of hydrogen-bond acceptors (Lipinski definition) is 6. The third-order valence-electron chi connectivity index (χ3n) is 4.33. The van der Waals surface area contributed by atoms with Gasteiger partial charge in [-0.2, -0.15) is 13.2 Å². The van der Waals surface area contributed by atoms with Crippen LogP contribution in [0.5, 0.6) is 11.5 Å². The minimum absolute atomic E-state index is 0.0936. The molecule has 0 amide bonds. The maximum Gasteiger partial charge on any atom is 0.416 e. The largest absolute Gasteiger partial charge is 0.462 e. The number of esters is 1. The molecule has 1 N–H and O–H groups in total. The van der Waals surface area contributed by atoms with Gasteiger partial charge in [0.05, 0.1) is 23.4 Å². The van der Waals surface area contributed by atoms with E-state index in [1.165, 1.54) is 12.3 Å². The van der Waals surface area contributed by atoms with Crippen LogP contribution in [0.2, 0.25) is 0 Å². The number of aromatic nitrogens is 1. The van der Waals surface area contributed by atoms with E-state index in [2.05, 4.69) is 10.3 Å². The minimum Gasteiger partial charge on any atom is -0.462 e. The smallest absolute Gasteiger partial charge is 0.416 e. The SMILES string of the molecule is CCOC(=O)c1cnc2cc(C(F)(F)F)ccc2c1Nc1ccc2c(c1)OCO2. The molecule has 2 heterocycles. The first kappa shape index (κ1) is 18.9. The van der Waals surface area contributed by atoms with Crippen LogP contribution < -0.4 is 14.8 Å². The van der Waals surface area contributed by atoms with Crippen molar-refractivity contribution in [3.05, 3.63) is 53.7 Å². The Morgan fingerprint density at radius 2 is 1.97 bits per heavy atom. The molecule has 1 aliphatic rings. The lowest BCUT2D eigenvalue weighted by atomic mass is 10.1. The molecule has 0 spiro atoms. The van der Waals surface area contributed by atoms with Crippen molar-refractivity contribution >= 4 is 28.2 Å². The molecule has 4 rings (SSSR count). The number of fused-ring (bicyclic) bond motifs is 2. The predicted molar refractivity (Wildman–Crippen MR) is 98.5 cm³/mol. The third-order valence-corrected chi connectivity index (χ3v) is 4.33. The lowest BCUT2D eigenvalue weighted by Gasteiger charge is -2.15. The van der Waals surface area contributed by atoms with Crippen LogP contribution in [-0.4, -0.2) is 24.4 Å². The molecule has 1 aliphatic heterocycles. The molecule has 0 bridgehead atoms. The van der Waals surface area contributed by atoms with E-state index < -0.39 is 17.7 Å². The van der Waals surface area contributed by atoms with E-state index in [1.807, 2.05) is 0 Å². The predicted octanol–water partition coefficient (Wildman–Crippen LogP) is 4.90. The normalized spacial score (nSPS) is 12.8. The van der Waals surface area contributed by atoms with Gasteiger partial charge in [-0.25, -0.2) is 4.79 Å². The Hall–Kier alpha value is -3.49. The summed E-state index contributed by atoms with van der Waals surface area (Å²) in [6.07, 6.45) is -3.30. The number of nitrogens with one attached hydrogen (secondary N) is 1. The van der Waals surface area contributed by atoms with Crippen LogP contribution in [0, 0.1) is 0 Å². The van der Waals surface area contributed by atoms with Crippen LogP contribution >= 0.6 is 0 Å². The Kier molecular flexibility index (Phi) is 4.65. The standard InChI is InChI=1S/C20H15F3N2O4/c1-2-27-19(26)14-9-24-15-7-11(20(21,22)23)3-5-13(15)18(14)25-12-4-6-16-17(8-12)29-10-28-16/h3-9H,2,10H2,1H3,(H,24,25). The first-order valence-electron chi connectivity index (χ1n) is 8.70. The van der Waals surface area contributed by atoms with Crippen molar-refractivity contribution in [1.29, 1.82) is 0 Å². The van der Waals surface area contributed by atoms with Crippen molar-refractivity contribution in [2.45, 2.75) is 13.1 Å². The van der Waals surface area contributed by atoms with Gasteiger partial charge in [-0.05, 0) is 31.2 Å². The van der Waals surface area contributed by atoms with E-state index in [0.717, 1.165) is 12.1 Å². The molecule has 2 aromatic carbocycles. The van der Waals surface area contributed by atoms with Gasteiger partial charge >= 0.3 is 12.1 Å². The monoisotopic (exact) mass is 404 g/mol. The molecule has 29 heavy (non-hydrogen) atoms. The topological polar surface area (TPSA) is 69.7 Å². The van der Waals surface area contributed by atoms with E-state index in [4.69, 9.17) is 14.2 Å². The second-order valence-electron chi connectivity index (χ2n) is 6.19. The van der Waals surface area contributed by atoms with Gasteiger partial charge in [0.2, 0.25) is 6.79 Å². The molecule has 150 valence electrons. The number of carbonyl (C=O) groups excluding carboxylic acids is 1. The molecular formula is C20H15F3N2O4. The van der Waals surface area contributed by atoms with Crippen LogP contribution in [0.4, 0.5) is 24.5 Å². The van der Waals surface area contributed by atoms with Gasteiger partial charge in [0, 0.05) is 23.3 Å². The summed E-state index contributed by atoms with van der Waals surface area (Å²) in [6, 6.07) is 8.24. The van der Waals surface area contributed by atoms with E-state index in [1.54, 1.807) is 25.1 Å². The molecule has 9 heteroatoms. The lowest BCUT2D eigenvalue weighted by Crippen LogP contribution is -2.10. The van der Waals surface area contributed by atoms with Crippen molar-refractivity contribution < 1.29 is 32.2 Å². The fourth-order valence-corrected chi connectivity index (χ4v) is 2.99. The first-order chi connectivity index (χ1) is 13.9. The van der Waals surface area contributed by atoms with E-state index in [0.29, 0.717) is 28.3 Å². The quantitative estimate of drug-likeness (QED) is 0.624. The Labute approximate surface area is 163 Å². The molecule has 3 aromatic rings. The number of anilines is 2. The number of rotatable bonds is 4. The number of halogens is 3. The summed E-state index contributed by atoms with van der Waals surface area (Å²) in [5, 5.41) is 3.43. The Bertz CT molecular complexity index is 1100. The van der Waals surface area contributed by atoms with Crippen LogP contribution in [0.3, 0.4) is 0 Å². The minimum atomic E-state index is -4.50. The summed E-state index contributed by atoms with van der Waals surface area (Å²) in [6.45, 7) is 1.91. The summed E-state index contributed by atoms with van der Waals surface area (Å²) in [7, 11) is 0. The molecule has 0 atom stereocenters. The van der Waals surface area contributed by atoms with Crippen LogP contribution in [0.25, 0.3) is 10.9 Å². The third kappa shape index (κ3) is 3.63. The molecule has 0 saturated carbocycles. The molecule has 1 aromatic heterocycles. The zero-order valence-electron chi connectivity index (χ0n) is 15.2. The zero-order chi connectivity index (χ0) is 20.6. The summed E-state index contributed by atoms with van der Waals surface area (Å²) in [5.74, 6) is 0.464. The Balaban J connectivity index is 1.83. The van der Waals surface area contributed by atoms with Crippen molar-refractivity contribution in [3.8, 4) is 11.5 Å². The molecule has 0 fully saturated rings. The molecule has 6 nitrogen and oxygen atoms in total. The number of nitrogens with zero attached hydrogens (tertiary/aromatic N) is 1. The van der Waals surface area contributed by atoms with Crippen molar-refractivity contribution in [2.75, 3.05) is 18.7 Å². The summed E-state index contributed by atoms with van der Waals surface area (Å²) >= 11 is 0. The van der Waals surface area contributed by atoms with Crippen LogP contribution in [0.1, 0.15) is 22.8 Å². The number of carbonyl (C=O) groups is 1. The fourth-order valence-electron chi connectivity index (χ4n) is 2.99. The van der Waals surface area contributed by atoms with Gasteiger partial charge in [-0.3, -0.25) is 4.98 Å². The van der Waals surface area contributed by atoms with Gasteiger partial charge in [-0.1, -0.05) is 6.07 Å². The van der Waals surface area contributed by atoms with Crippen LogP contribution in [-0.2, 0) is 10.9 Å². The maximum absolute atomic E-state index is 13.1. The number of alkyl halides is 3. The number of hydrogen-bond donors (Lipinski definition) is 1. The Morgan fingerprint density at radius 1 is 1.17 bits per heavy atom. The van der Waals surface area contributed by atoms with Gasteiger partial charge in [0.25, 0.3) is 0 Å². The van der Waals surface area contributed by atoms with Crippen molar-refractivity contribution in [2.24, 2.45) is 0 Å². The second-order valence-corrected chi connectivity index (χ2v) is 6.19. The zero-order valence-corrected chi connectivity index (χ0v) is 15.2. The van der Waals surface area contributed by atoms with Crippen molar-refractivity contribution in [1.82, 2.24) is 4.98 Å². The number of benzene rings is 2. The molecular weight excluding hydrogens is 389 g/mol. The molecule has 0 radical (unpaired) electrons. The average Bonchev–Trinajstić information content (AvgIpc) is 3.15. The van der Waals surface area contributed by atoms with Gasteiger partial charge in [0.15, 0.2) is 11.5 Å². The maximum atomic E-state index is 13.1. The average molecular weight is 404 g/mol. The van der Waals surface area contributed by atoms with E-state index in [-0.39, 0.29) is 24.5 Å². The number of ether oxygens (including phenoxy) is 3. The highest BCUT2D eigenvalue weighted by atomic mass is 19.4. The van der Waals surface area contributed by atoms with E-state index >= 15 is 0 Å². The summed E-state index contributed by atoms with van der Waals surface area (Å²) in [4.78, 5) is 16.4. The van der Waals surface area contributed by atoms with Crippen molar-refractivity contribution in [3.63, 3.8) is 0 Å². The molecule has 0 aliphatic carbocycles.